The standard InChI is InChI=1S/C15H19N3O/c1-11-16-15(18-17-11)12-7-9-14(10-8-12)19-13-5-3-2-4-6-13/h2-6,12,14H,7-10H2,1H3,(H,16,17,18). The molecule has 1 saturated carbocycles. The van der Waals surface area contributed by atoms with Gasteiger partial charge in [-0.1, -0.05) is 18.2 Å². The number of aromatic amines is 1. The van der Waals surface area contributed by atoms with E-state index in [-0.39, 0.29) is 0 Å². The molecule has 19 heavy (non-hydrogen) atoms. The van der Waals surface area contributed by atoms with Crippen molar-refractivity contribution in [3.63, 3.8) is 0 Å². The van der Waals surface area contributed by atoms with Crippen LogP contribution in [0.3, 0.4) is 0 Å². The monoisotopic (exact) mass is 257 g/mol. The van der Waals surface area contributed by atoms with Gasteiger partial charge in [0.25, 0.3) is 0 Å². The van der Waals surface area contributed by atoms with Crippen LogP contribution in [0.25, 0.3) is 0 Å². The lowest BCUT2D eigenvalue weighted by Crippen LogP contribution is -2.23. The molecule has 0 bridgehead atoms. The number of hydrogen-bond acceptors (Lipinski definition) is 3. The number of ether oxygens (including phenoxy) is 1. The van der Waals surface area contributed by atoms with Gasteiger partial charge in [0, 0.05) is 5.92 Å². The third-order valence-corrected chi connectivity index (χ3v) is 3.72. The molecule has 0 atom stereocenters. The molecule has 1 aromatic heterocycles. The maximum absolute atomic E-state index is 6.00. The highest BCUT2D eigenvalue weighted by molar-refractivity contribution is 5.21. The molecule has 0 unspecified atom stereocenters. The Morgan fingerprint density at radius 1 is 1.05 bits per heavy atom. The molecule has 3 rings (SSSR count). The summed E-state index contributed by atoms with van der Waals surface area (Å²) in [6.45, 7) is 1.95. The second-order valence-corrected chi connectivity index (χ2v) is 5.20. The van der Waals surface area contributed by atoms with Gasteiger partial charge in [-0.3, -0.25) is 0 Å². The lowest BCUT2D eigenvalue weighted by Gasteiger charge is -2.27. The first-order chi connectivity index (χ1) is 9.31. The quantitative estimate of drug-likeness (QED) is 0.918. The van der Waals surface area contributed by atoms with Crippen LogP contribution in [0.4, 0.5) is 0 Å². The molecule has 1 aliphatic rings. The Morgan fingerprint density at radius 2 is 1.79 bits per heavy atom. The van der Waals surface area contributed by atoms with E-state index >= 15 is 0 Å². The second-order valence-electron chi connectivity index (χ2n) is 5.20. The zero-order valence-corrected chi connectivity index (χ0v) is 11.2. The van der Waals surface area contributed by atoms with Gasteiger partial charge in [-0.05, 0) is 44.7 Å². The Bertz CT molecular complexity index is 515. The van der Waals surface area contributed by atoms with Crippen LogP contribution in [-0.2, 0) is 0 Å². The molecule has 2 aromatic rings. The maximum Gasteiger partial charge on any atom is 0.133 e. The Hall–Kier alpha value is -1.84. The van der Waals surface area contributed by atoms with E-state index in [0.717, 1.165) is 43.1 Å². The third-order valence-electron chi connectivity index (χ3n) is 3.72. The minimum atomic E-state index is 0.336. The SMILES string of the molecule is Cc1nnc(C2CCC(Oc3ccccc3)CC2)[nH]1. The van der Waals surface area contributed by atoms with Crippen molar-refractivity contribution in [2.45, 2.75) is 44.6 Å². The maximum atomic E-state index is 6.00. The predicted octanol–water partition coefficient (Wildman–Crippen LogP) is 3.22. The normalized spacial score (nSPS) is 23.2. The minimum absolute atomic E-state index is 0.336. The molecule has 1 fully saturated rings. The summed E-state index contributed by atoms with van der Waals surface area (Å²) in [6, 6.07) is 10.1. The molecule has 1 aromatic carbocycles. The highest BCUT2D eigenvalue weighted by Gasteiger charge is 2.25. The number of hydrogen-bond donors (Lipinski definition) is 1. The zero-order chi connectivity index (χ0) is 13.1. The fourth-order valence-electron chi connectivity index (χ4n) is 2.69. The average molecular weight is 257 g/mol. The fourth-order valence-corrected chi connectivity index (χ4v) is 2.69. The van der Waals surface area contributed by atoms with Crippen molar-refractivity contribution in [1.29, 1.82) is 0 Å². The molecule has 0 aliphatic heterocycles. The molecule has 1 N–H and O–H groups in total. The number of benzene rings is 1. The molecule has 1 aliphatic carbocycles. The Balaban J connectivity index is 1.55. The highest BCUT2D eigenvalue weighted by atomic mass is 16.5. The van der Waals surface area contributed by atoms with E-state index in [2.05, 4.69) is 15.2 Å². The van der Waals surface area contributed by atoms with Gasteiger partial charge in [0.1, 0.15) is 17.4 Å². The third kappa shape index (κ3) is 2.95. The van der Waals surface area contributed by atoms with E-state index in [4.69, 9.17) is 4.74 Å². The zero-order valence-electron chi connectivity index (χ0n) is 11.2. The van der Waals surface area contributed by atoms with Crippen molar-refractivity contribution in [3.8, 4) is 5.75 Å². The topological polar surface area (TPSA) is 50.8 Å². The van der Waals surface area contributed by atoms with Gasteiger partial charge < -0.3 is 9.72 Å². The van der Waals surface area contributed by atoms with E-state index in [1.807, 2.05) is 37.3 Å². The summed E-state index contributed by atoms with van der Waals surface area (Å²) in [5.41, 5.74) is 0. The van der Waals surface area contributed by atoms with Gasteiger partial charge in [0.15, 0.2) is 0 Å². The summed E-state index contributed by atoms with van der Waals surface area (Å²) < 4.78 is 6.00. The average Bonchev–Trinajstić information content (AvgIpc) is 2.87. The summed E-state index contributed by atoms with van der Waals surface area (Å²) in [4.78, 5) is 3.25. The highest BCUT2D eigenvalue weighted by Crippen LogP contribution is 2.32. The van der Waals surface area contributed by atoms with Crippen LogP contribution >= 0.6 is 0 Å². The van der Waals surface area contributed by atoms with E-state index in [1.54, 1.807) is 0 Å². The van der Waals surface area contributed by atoms with Gasteiger partial charge >= 0.3 is 0 Å². The molecular formula is C15H19N3O. The fraction of sp³-hybridized carbons (Fsp3) is 0.467. The Morgan fingerprint density at radius 3 is 2.42 bits per heavy atom. The van der Waals surface area contributed by atoms with E-state index in [1.165, 1.54) is 0 Å². The minimum Gasteiger partial charge on any atom is -0.490 e. The van der Waals surface area contributed by atoms with Gasteiger partial charge in [0.05, 0.1) is 6.10 Å². The van der Waals surface area contributed by atoms with Crippen LogP contribution in [0.15, 0.2) is 30.3 Å². The molecule has 4 heteroatoms. The lowest BCUT2D eigenvalue weighted by atomic mass is 9.87. The molecule has 0 radical (unpaired) electrons. The summed E-state index contributed by atoms with van der Waals surface area (Å²) in [5.74, 6) is 3.42. The van der Waals surface area contributed by atoms with Crippen LogP contribution in [0.2, 0.25) is 0 Å². The molecule has 100 valence electrons. The lowest BCUT2D eigenvalue weighted by molar-refractivity contribution is 0.145. The number of H-pyrrole nitrogens is 1. The largest absolute Gasteiger partial charge is 0.490 e. The van der Waals surface area contributed by atoms with E-state index < -0.39 is 0 Å². The van der Waals surface area contributed by atoms with Gasteiger partial charge in [-0.2, -0.15) is 0 Å². The Labute approximate surface area is 113 Å². The van der Waals surface area contributed by atoms with Crippen molar-refractivity contribution in [2.24, 2.45) is 0 Å². The first-order valence-corrected chi connectivity index (χ1v) is 6.92. The van der Waals surface area contributed by atoms with Crippen molar-refractivity contribution >= 4 is 0 Å². The molecule has 1 heterocycles. The summed E-state index contributed by atoms with van der Waals surface area (Å²) in [6.07, 6.45) is 4.74. The van der Waals surface area contributed by atoms with E-state index in [0.29, 0.717) is 12.0 Å². The summed E-state index contributed by atoms with van der Waals surface area (Å²) in [5, 5.41) is 8.24. The van der Waals surface area contributed by atoms with Crippen molar-refractivity contribution in [1.82, 2.24) is 15.2 Å². The number of aromatic nitrogens is 3. The van der Waals surface area contributed by atoms with Crippen LogP contribution in [-0.4, -0.2) is 21.3 Å². The van der Waals surface area contributed by atoms with Gasteiger partial charge in [-0.15, -0.1) is 10.2 Å². The van der Waals surface area contributed by atoms with Crippen LogP contribution in [0, 0.1) is 6.92 Å². The van der Waals surface area contributed by atoms with Crippen LogP contribution < -0.4 is 4.74 Å². The van der Waals surface area contributed by atoms with Crippen LogP contribution in [0.1, 0.15) is 43.3 Å². The number of rotatable bonds is 3. The predicted molar refractivity (Wildman–Crippen MR) is 73.2 cm³/mol. The smallest absolute Gasteiger partial charge is 0.133 e. The van der Waals surface area contributed by atoms with Crippen LogP contribution in [0.5, 0.6) is 5.75 Å². The van der Waals surface area contributed by atoms with Gasteiger partial charge in [0.2, 0.25) is 0 Å². The number of nitrogens with one attached hydrogen (secondary N) is 1. The second kappa shape index (κ2) is 5.43. The molecular weight excluding hydrogens is 238 g/mol. The van der Waals surface area contributed by atoms with Gasteiger partial charge in [-0.25, -0.2) is 0 Å². The Kier molecular flexibility index (Phi) is 3.49. The first kappa shape index (κ1) is 12.2. The van der Waals surface area contributed by atoms with Crippen molar-refractivity contribution in [3.05, 3.63) is 42.0 Å². The molecule has 0 spiro atoms. The molecule has 0 amide bonds. The summed E-state index contributed by atoms with van der Waals surface area (Å²) >= 11 is 0. The number of nitrogens with zero attached hydrogens (tertiary/aromatic N) is 2. The number of aryl methyl sites for hydroxylation is 1. The van der Waals surface area contributed by atoms with Crippen molar-refractivity contribution in [2.75, 3.05) is 0 Å². The summed E-state index contributed by atoms with van der Waals surface area (Å²) in [7, 11) is 0. The molecule has 4 nitrogen and oxygen atoms in total. The number of para-hydroxylation sites is 1. The molecule has 0 saturated heterocycles. The van der Waals surface area contributed by atoms with Crippen molar-refractivity contribution < 1.29 is 4.74 Å². The first-order valence-electron chi connectivity index (χ1n) is 6.92. The van der Waals surface area contributed by atoms with E-state index in [9.17, 15) is 0 Å².